The zero-order valence-corrected chi connectivity index (χ0v) is 13.0. The molecule has 2 aliphatic heterocycles. The van der Waals surface area contributed by atoms with Crippen molar-refractivity contribution in [3.05, 3.63) is 29.8 Å². The highest BCUT2D eigenvalue weighted by Crippen LogP contribution is 2.24. The van der Waals surface area contributed by atoms with Crippen LogP contribution in [0.15, 0.2) is 24.3 Å². The van der Waals surface area contributed by atoms with Crippen molar-refractivity contribution in [1.29, 1.82) is 0 Å². The summed E-state index contributed by atoms with van der Waals surface area (Å²) in [5.74, 6) is 0.172. The minimum Gasteiger partial charge on any atom is -0.382 e. The van der Waals surface area contributed by atoms with E-state index >= 15 is 0 Å². The minimum absolute atomic E-state index is 0.172. The number of carbonyl (C=O) groups is 1. The summed E-state index contributed by atoms with van der Waals surface area (Å²) in [4.78, 5) is 17.4. The number of benzene rings is 1. The summed E-state index contributed by atoms with van der Waals surface area (Å²) in [6.45, 7) is 8.16. The number of nitrogens with zero attached hydrogens (tertiary/aromatic N) is 2. The van der Waals surface area contributed by atoms with Gasteiger partial charge in [-0.05, 0) is 45.4 Å². The number of piperazine rings is 1. The predicted octanol–water partition coefficient (Wildman–Crippen LogP) is 2.43. The molecule has 2 aliphatic rings. The zero-order chi connectivity index (χ0) is 14.8. The normalized spacial score (nSPS) is 22.4. The van der Waals surface area contributed by atoms with Crippen molar-refractivity contribution < 1.29 is 4.79 Å². The molecule has 0 bridgehead atoms. The van der Waals surface area contributed by atoms with Gasteiger partial charge in [0.25, 0.3) is 5.91 Å². The molecule has 114 valence electrons. The largest absolute Gasteiger partial charge is 0.382 e. The van der Waals surface area contributed by atoms with Crippen molar-refractivity contribution >= 4 is 11.6 Å². The lowest BCUT2D eigenvalue weighted by Crippen LogP contribution is -2.52. The summed E-state index contributed by atoms with van der Waals surface area (Å²) >= 11 is 0. The predicted molar refractivity (Wildman–Crippen MR) is 85.7 cm³/mol. The standard InChI is InChI=1S/C17H25N3O/c1-13(2)18-16-8-4-3-7-15(16)17(21)20-11-10-19-9-5-6-14(19)12-20/h3-4,7-8,13-14,18H,5-6,9-12H2,1-2H3. The number of hydrogen-bond acceptors (Lipinski definition) is 3. The smallest absolute Gasteiger partial charge is 0.256 e. The minimum atomic E-state index is 0.172. The molecule has 0 aromatic heterocycles. The first kappa shape index (κ1) is 14.4. The fourth-order valence-corrected chi connectivity index (χ4v) is 3.45. The average Bonchev–Trinajstić information content (AvgIpc) is 2.94. The lowest BCUT2D eigenvalue weighted by atomic mass is 10.1. The molecule has 2 fully saturated rings. The fourth-order valence-electron chi connectivity index (χ4n) is 3.45. The van der Waals surface area contributed by atoms with Gasteiger partial charge in [0.1, 0.15) is 0 Å². The Labute approximate surface area is 127 Å². The van der Waals surface area contributed by atoms with Crippen LogP contribution in [0.3, 0.4) is 0 Å². The number of para-hydroxylation sites is 1. The van der Waals surface area contributed by atoms with Gasteiger partial charge >= 0.3 is 0 Å². The number of rotatable bonds is 3. The topological polar surface area (TPSA) is 35.6 Å². The monoisotopic (exact) mass is 287 g/mol. The van der Waals surface area contributed by atoms with E-state index in [9.17, 15) is 4.79 Å². The average molecular weight is 287 g/mol. The van der Waals surface area contributed by atoms with Gasteiger partial charge in [0.2, 0.25) is 0 Å². The lowest BCUT2D eigenvalue weighted by Gasteiger charge is -2.37. The van der Waals surface area contributed by atoms with Crippen molar-refractivity contribution in [2.24, 2.45) is 0 Å². The molecule has 1 aromatic rings. The molecule has 1 unspecified atom stereocenters. The van der Waals surface area contributed by atoms with E-state index in [4.69, 9.17) is 0 Å². The third-order valence-electron chi connectivity index (χ3n) is 4.48. The van der Waals surface area contributed by atoms with Gasteiger partial charge in [-0.2, -0.15) is 0 Å². The molecular formula is C17H25N3O. The van der Waals surface area contributed by atoms with Crippen LogP contribution in [-0.4, -0.2) is 54.0 Å². The second kappa shape index (κ2) is 6.06. The van der Waals surface area contributed by atoms with Crippen LogP contribution in [0.5, 0.6) is 0 Å². The molecule has 1 aromatic carbocycles. The van der Waals surface area contributed by atoms with Crippen molar-refractivity contribution in [3.63, 3.8) is 0 Å². The Balaban J connectivity index is 1.76. The van der Waals surface area contributed by atoms with Crippen LogP contribution in [0.25, 0.3) is 0 Å². The second-order valence-corrected chi connectivity index (χ2v) is 6.43. The number of anilines is 1. The van der Waals surface area contributed by atoms with E-state index < -0.39 is 0 Å². The Bertz CT molecular complexity index is 515. The highest BCUT2D eigenvalue weighted by Gasteiger charge is 2.33. The molecule has 4 nitrogen and oxygen atoms in total. The van der Waals surface area contributed by atoms with E-state index in [0.29, 0.717) is 12.1 Å². The maximum atomic E-state index is 12.9. The van der Waals surface area contributed by atoms with E-state index in [1.54, 1.807) is 0 Å². The van der Waals surface area contributed by atoms with Crippen LogP contribution in [0.1, 0.15) is 37.0 Å². The molecule has 1 amide bonds. The number of hydrogen-bond donors (Lipinski definition) is 1. The van der Waals surface area contributed by atoms with Crippen molar-refractivity contribution in [1.82, 2.24) is 9.80 Å². The van der Waals surface area contributed by atoms with Gasteiger partial charge in [-0.1, -0.05) is 12.1 Å². The molecule has 3 rings (SSSR count). The Morgan fingerprint density at radius 2 is 2.05 bits per heavy atom. The van der Waals surface area contributed by atoms with Gasteiger partial charge in [-0.25, -0.2) is 0 Å². The molecule has 2 saturated heterocycles. The first-order chi connectivity index (χ1) is 10.1. The highest BCUT2D eigenvalue weighted by molar-refractivity contribution is 5.99. The summed E-state index contributed by atoms with van der Waals surface area (Å²) in [6.07, 6.45) is 2.51. The summed E-state index contributed by atoms with van der Waals surface area (Å²) in [7, 11) is 0. The van der Waals surface area contributed by atoms with E-state index in [0.717, 1.165) is 30.9 Å². The Hall–Kier alpha value is -1.55. The van der Waals surface area contributed by atoms with E-state index in [-0.39, 0.29) is 5.91 Å². The van der Waals surface area contributed by atoms with E-state index in [1.807, 2.05) is 29.2 Å². The molecule has 1 atom stereocenters. The van der Waals surface area contributed by atoms with Gasteiger partial charge in [-0.3, -0.25) is 9.69 Å². The fraction of sp³-hybridized carbons (Fsp3) is 0.588. The number of amides is 1. The van der Waals surface area contributed by atoms with Gasteiger partial charge in [0.15, 0.2) is 0 Å². The van der Waals surface area contributed by atoms with Crippen LogP contribution in [-0.2, 0) is 0 Å². The third kappa shape index (κ3) is 3.05. The van der Waals surface area contributed by atoms with E-state index in [1.165, 1.54) is 19.4 Å². The summed E-state index contributed by atoms with van der Waals surface area (Å²) in [6, 6.07) is 8.77. The molecule has 0 spiro atoms. The molecule has 0 radical (unpaired) electrons. The van der Waals surface area contributed by atoms with Crippen LogP contribution in [0.4, 0.5) is 5.69 Å². The second-order valence-electron chi connectivity index (χ2n) is 6.43. The lowest BCUT2D eigenvalue weighted by molar-refractivity contribution is 0.0572. The van der Waals surface area contributed by atoms with Gasteiger partial charge in [0.05, 0.1) is 5.56 Å². The summed E-state index contributed by atoms with van der Waals surface area (Å²) in [5, 5.41) is 3.38. The first-order valence-electron chi connectivity index (χ1n) is 8.04. The number of carbonyl (C=O) groups excluding carboxylic acids is 1. The van der Waals surface area contributed by atoms with E-state index in [2.05, 4.69) is 24.1 Å². The number of fused-ring (bicyclic) bond motifs is 1. The van der Waals surface area contributed by atoms with Crippen molar-refractivity contribution in [2.45, 2.75) is 38.8 Å². The van der Waals surface area contributed by atoms with Crippen molar-refractivity contribution in [3.8, 4) is 0 Å². The van der Waals surface area contributed by atoms with Crippen LogP contribution in [0.2, 0.25) is 0 Å². The summed E-state index contributed by atoms with van der Waals surface area (Å²) < 4.78 is 0. The first-order valence-corrected chi connectivity index (χ1v) is 8.04. The van der Waals surface area contributed by atoms with Crippen LogP contribution < -0.4 is 5.32 Å². The molecular weight excluding hydrogens is 262 g/mol. The molecule has 4 heteroatoms. The Morgan fingerprint density at radius 1 is 1.24 bits per heavy atom. The molecule has 1 N–H and O–H groups in total. The number of nitrogens with one attached hydrogen (secondary N) is 1. The zero-order valence-electron chi connectivity index (χ0n) is 13.0. The molecule has 21 heavy (non-hydrogen) atoms. The van der Waals surface area contributed by atoms with Crippen molar-refractivity contribution in [2.75, 3.05) is 31.5 Å². The maximum Gasteiger partial charge on any atom is 0.256 e. The van der Waals surface area contributed by atoms with Gasteiger partial charge in [0, 0.05) is 37.4 Å². The molecule has 0 saturated carbocycles. The third-order valence-corrected chi connectivity index (χ3v) is 4.48. The van der Waals surface area contributed by atoms with Gasteiger partial charge in [-0.15, -0.1) is 0 Å². The Morgan fingerprint density at radius 3 is 2.86 bits per heavy atom. The Kier molecular flexibility index (Phi) is 4.15. The van der Waals surface area contributed by atoms with Crippen LogP contribution in [0, 0.1) is 0 Å². The summed E-state index contributed by atoms with van der Waals surface area (Å²) in [5.41, 5.74) is 1.75. The van der Waals surface area contributed by atoms with Gasteiger partial charge < -0.3 is 10.2 Å². The highest BCUT2D eigenvalue weighted by atomic mass is 16.2. The molecule has 0 aliphatic carbocycles. The molecule has 2 heterocycles. The maximum absolute atomic E-state index is 12.9. The quantitative estimate of drug-likeness (QED) is 0.927. The van der Waals surface area contributed by atoms with Crippen LogP contribution >= 0.6 is 0 Å². The SMILES string of the molecule is CC(C)Nc1ccccc1C(=O)N1CCN2CCCC2C1.